The lowest BCUT2D eigenvalue weighted by atomic mass is 10.2. The van der Waals surface area contributed by atoms with E-state index >= 15 is 0 Å². The average molecular weight is 402 g/mol. The zero-order valence-electron chi connectivity index (χ0n) is 16.7. The van der Waals surface area contributed by atoms with Gasteiger partial charge in [0.2, 0.25) is 0 Å². The Morgan fingerprint density at radius 2 is 1.25 bits per heavy atom. The monoisotopic (exact) mass is 402 g/mol. The van der Waals surface area contributed by atoms with Crippen LogP contribution in [-0.2, 0) is 42.4 Å². The summed E-state index contributed by atoms with van der Waals surface area (Å²) in [5.41, 5.74) is 0. The standard InChI is InChI=1S/C18H31BO9/c1-20-12-14-22-6-3-9-26-19(27-10-4-7-23-15-13-21-2)28-11-5-8-25-18-16-24-17-18/h3-5,9-11,18H,6-8,12-17H2,1-2H3/b9-3-,10-4+,11-5+. The van der Waals surface area contributed by atoms with Crippen LogP contribution in [0.25, 0.3) is 0 Å². The average Bonchev–Trinajstić information content (AvgIpc) is 2.67. The first-order valence-electron chi connectivity index (χ1n) is 9.11. The van der Waals surface area contributed by atoms with Crippen molar-refractivity contribution in [1.29, 1.82) is 0 Å². The molecule has 1 aliphatic heterocycles. The topological polar surface area (TPSA) is 83.1 Å². The van der Waals surface area contributed by atoms with Gasteiger partial charge in [-0.1, -0.05) is 0 Å². The van der Waals surface area contributed by atoms with Crippen molar-refractivity contribution in [1.82, 2.24) is 0 Å². The van der Waals surface area contributed by atoms with E-state index in [0.29, 0.717) is 59.5 Å². The third kappa shape index (κ3) is 14.5. The highest BCUT2D eigenvalue weighted by atomic mass is 16.7. The molecule has 0 saturated carbocycles. The first-order chi connectivity index (χ1) is 13.9. The van der Waals surface area contributed by atoms with E-state index in [1.165, 1.54) is 18.8 Å². The van der Waals surface area contributed by atoms with Crippen LogP contribution < -0.4 is 0 Å². The molecule has 160 valence electrons. The van der Waals surface area contributed by atoms with E-state index in [9.17, 15) is 0 Å². The van der Waals surface area contributed by atoms with Crippen molar-refractivity contribution in [3.8, 4) is 0 Å². The summed E-state index contributed by atoms with van der Waals surface area (Å²) in [5.74, 6) is 0. The molecule has 0 aromatic carbocycles. The molecule has 28 heavy (non-hydrogen) atoms. The Kier molecular flexibility index (Phi) is 16.4. The van der Waals surface area contributed by atoms with E-state index in [2.05, 4.69) is 0 Å². The molecule has 0 spiro atoms. The predicted molar refractivity (Wildman–Crippen MR) is 102 cm³/mol. The third-order valence-electron chi connectivity index (χ3n) is 3.19. The molecule has 0 aliphatic carbocycles. The molecule has 1 rings (SSSR count). The minimum Gasteiger partial charge on any atom is -0.497 e. The molecule has 0 bridgehead atoms. The van der Waals surface area contributed by atoms with Crippen LogP contribution in [0.5, 0.6) is 0 Å². The largest absolute Gasteiger partial charge is 0.862 e. The summed E-state index contributed by atoms with van der Waals surface area (Å²) in [5, 5.41) is 0. The van der Waals surface area contributed by atoms with Crippen LogP contribution in [-0.4, -0.2) is 87.1 Å². The number of hydrogen-bond acceptors (Lipinski definition) is 9. The van der Waals surface area contributed by atoms with Crippen LogP contribution in [0, 0.1) is 0 Å². The zero-order chi connectivity index (χ0) is 20.1. The van der Waals surface area contributed by atoms with Gasteiger partial charge in [0.1, 0.15) is 6.10 Å². The smallest absolute Gasteiger partial charge is 0.497 e. The lowest BCUT2D eigenvalue weighted by Crippen LogP contribution is -2.36. The van der Waals surface area contributed by atoms with Gasteiger partial charge in [-0.05, 0) is 18.2 Å². The van der Waals surface area contributed by atoms with Crippen LogP contribution in [0.2, 0.25) is 0 Å². The Labute approximate surface area is 167 Å². The van der Waals surface area contributed by atoms with Crippen molar-refractivity contribution in [3.63, 3.8) is 0 Å². The zero-order valence-corrected chi connectivity index (χ0v) is 16.7. The van der Waals surface area contributed by atoms with E-state index in [4.69, 9.17) is 42.4 Å². The van der Waals surface area contributed by atoms with Crippen molar-refractivity contribution in [2.75, 3.05) is 73.7 Å². The van der Waals surface area contributed by atoms with E-state index in [1.807, 2.05) is 0 Å². The summed E-state index contributed by atoms with van der Waals surface area (Å²) in [6.45, 7) is 4.60. The van der Waals surface area contributed by atoms with E-state index in [0.717, 1.165) is 0 Å². The van der Waals surface area contributed by atoms with Gasteiger partial charge in [0.05, 0.1) is 78.2 Å². The minimum absolute atomic E-state index is 0.162. The number of hydrogen-bond donors (Lipinski definition) is 0. The molecule has 0 amide bonds. The Bertz CT molecular complexity index is 403. The van der Waals surface area contributed by atoms with Gasteiger partial charge in [0.25, 0.3) is 0 Å². The molecule has 0 unspecified atom stereocenters. The maximum atomic E-state index is 5.50. The number of rotatable bonds is 19. The summed E-state index contributed by atoms with van der Waals surface area (Å²) in [7, 11) is 2.29. The maximum Gasteiger partial charge on any atom is 0.862 e. The van der Waals surface area contributed by atoms with E-state index < -0.39 is 7.32 Å². The number of ether oxygens (including phenoxy) is 6. The van der Waals surface area contributed by atoms with Crippen LogP contribution in [0.1, 0.15) is 0 Å². The van der Waals surface area contributed by atoms with Crippen molar-refractivity contribution in [2.24, 2.45) is 0 Å². The lowest BCUT2D eigenvalue weighted by molar-refractivity contribution is -0.122. The quantitative estimate of drug-likeness (QED) is 0.180. The van der Waals surface area contributed by atoms with Crippen LogP contribution in [0.3, 0.4) is 0 Å². The minimum atomic E-state index is -0.950. The fraction of sp³-hybridized carbons (Fsp3) is 0.667. The van der Waals surface area contributed by atoms with Gasteiger partial charge >= 0.3 is 7.32 Å². The van der Waals surface area contributed by atoms with Gasteiger partial charge in [0, 0.05) is 14.2 Å². The van der Waals surface area contributed by atoms with Crippen molar-refractivity contribution >= 4 is 7.32 Å². The van der Waals surface area contributed by atoms with Crippen molar-refractivity contribution < 1.29 is 42.4 Å². The molecule has 0 atom stereocenters. The van der Waals surface area contributed by atoms with E-state index in [1.54, 1.807) is 32.4 Å². The summed E-state index contributed by atoms with van der Waals surface area (Å²) < 4.78 is 47.1. The highest BCUT2D eigenvalue weighted by Crippen LogP contribution is 2.05. The van der Waals surface area contributed by atoms with Gasteiger partial charge in [-0.15, -0.1) is 0 Å². The first-order valence-corrected chi connectivity index (χ1v) is 9.11. The molecule has 1 fully saturated rings. The Balaban J connectivity index is 2.23. The summed E-state index contributed by atoms with van der Waals surface area (Å²) in [6.07, 6.45) is 9.68. The summed E-state index contributed by atoms with van der Waals surface area (Å²) in [4.78, 5) is 0. The molecule has 1 saturated heterocycles. The highest BCUT2D eigenvalue weighted by Gasteiger charge is 2.24. The normalized spacial score (nSPS) is 14.8. The maximum absolute atomic E-state index is 5.50. The Morgan fingerprint density at radius 3 is 1.68 bits per heavy atom. The van der Waals surface area contributed by atoms with Gasteiger partial charge in [-0.25, -0.2) is 0 Å². The second kappa shape index (κ2) is 18.8. The first kappa shape index (κ1) is 24.5. The fourth-order valence-corrected chi connectivity index (χ4v) is 1.66. The predicted octanol–water partition coefficient (Wildman–Crippen LogP) is 1.30. The Hall–Kier alpha value is -1.56. The molecule has 0 aromatic rings. The van der Waals surface area contributed by atoms with Gasteiger partial charge in [0.15, 0.2) is 0 Å². The molecule has 1 aliphatic rings. The van der Waals surface area contributed by atoms with Crippen LogP contribution in [0.4, 0.5) is 0 Å². The number of methoxy groups -OCH3 is 2. The van der Waals surface area contributed by atoms with E-state index in [-0.39, 0.29) is 6.10 Å². The second-order valence-corrected chi connectivity index (χ2v) is 5.44. The molecule has 0 aromatic heterocycles. The lowest BCUT2D eigenvalue weighted by Gasteiger charge is -2.25. The van der Waals surface area contributed by atoms with Gasteiger partial charge in [-0.3, -0.25) is 0 Å². The van der Waals surface area contributed by atoms with Gasteiger partial charge in [-0.2, -0.15) is 0 Å². The van der Waals surface area contributed by atoms with Crippen LogP contribution >= 0.6 is 0 Å². The fourth-order valence-electron chi connectivity index (χ4n) is 1.66. The second-order valence-electron chi connectivity index (χ2n) is 5.44. The molecule has 0 N–H and O–H groups in total. The molecule has 9 nitrogen and oxygen atoms in total. The van der Waals surface area contributed by atoms with Crippen LogP contribution in [0.15, 0.2) is 37.0 Å². The van der Waals surface area contributed by atoms with Crippen molar-refractivity contribution in [3.05, 3.63) is 37.0 Å². The SMILES string of the molecule is COCCOC/C=C\OB(O/C=C/COCCOC)O/C=C/COC1COC1. The summed E-state index contributed by atoms with van der Waals surface area (Å²) >= 11 is 0. The molecular formula is C18H31BO9. The molecule has 1 heterocycles. The highest BCUT2D eigenvalue weighted by molar-refractivity contribution is 6.37. The molecular weight excluding hydrogens is 371 g/mol. The summed E-state index contributed by atoms with van der Waals surface area (Å²) in [6, 6.07) is 0. The molecule has 0 radical (unpaired) electrons. The molecule has 10 heteroatoms. The van der Waals surface area contributed by atoms with Gasteiger partial charge < -0.3 is 42.4 Å². The Morgan fingerprint density at radius 1 is 0.750 bits per heavy atom. The van der Waals surface area contributed by atoms with Crippen molar-refractivity contribution in [2.45, 2.75) is 6.10 Å². The third-order valence-corrected chi connectivity index (χ3v) is 3.19.